The van der Waals surface area contributed by atoms with Gasteiger partial charge in [0.1, 0.15) is 11.6 Å². The lowest BCUT2D eigenvalue weighted by Gasteiger charge is -2.14. The maximum absolute atomic E-state index is 11.8. The zero-order valence-corrected chi connectivity index (χ0v) is 12.8. The van der Waals surface area contributed by atoms with Crippen LogP contribution in [0.3, 0.4) is 0 Å². The summed E-state index contributed by atoms with van der Waals surface area (Å²) in [6.07, 6.45) is 3.24. The Kier molecular flexibility index (Phi) is 4.58. The summed E-state index contributed by atoms with van der Waals surface area (Å²) in [5.74, 6) is 2.23. The van der Waals surface area contributed by atoms with Gasteiger partial charge in [-0.05, 0) is 37.1 Å². The number of carbonyl (C=O) groups excluding carboxylic acids is 1. The van der Waals surface area contributed by atoms with Crippen molar-refractivity contribution in [1.82, 2.24) is 20.1 Å². The molecule has 0 radical (unpaired) electrons. The number of halogens is 1. The number of carbonyl (C=O) groups is 1. The Labute approximate surface area is 133 Å². The number of nitrogens with zero attached hydrogens (tertiary/aromatic N) is 3. The summed E-state index contributed by atoms with van der Waals surface area (Å²) < 4.78 is 7.48. The number of fused-ring (bicyclic) bond motifs is 1. The van der Waals surface area contributed by atoms with Gasteiger partial charge in [-0.3, -0.25) is 4.79 Å². The second kappa shape index (κ2) is 6.79. The first-order valence-corrected chi connectivity index (χ1v) is 7.66. The third kappa shape index (κ3) is 3.57. The van der Waals surface area contributed by atoms with Crippen LogP contribution >= 0.6 is 11.6 Å². The molecule has 0 bridgehead atoms. The van der Waals surface area contributed by atoms with Gasteiger partial charge in [-0.25, -0.2) is 0 Å². The molecule has 0 fully saturated rings. The monoisotopic (exact) mass is 320 g/mol. The smallest absolute Gasteiger partial charge is 0.258 e. The van der Waals surface area contributed by atoms with Gasteiger partial charge in [0.25, 0.3) is 5.91 Å². The predicted octanol–water partition coefficient (Wildman–Crippen LogP) is 1.96. The van der Waals surface area contributed by atoms with Crippen molar-refractivity contribution in [2.24, 2.45) is 0 Å². The van der Waals surface area contributed by atoms with Gasteiger partial charge in [-0.15, -0.1) is 10.2 Å². The summed E-state index contributed by atoms with van der Waals surface area (Å²) in [5, 5.41) is 11.7. The molecule has 116 valence electrons. The molecule has 1 aromatic carbocycles. The fourth-order valence-electron chi connectivity index (χ4n) is 2.41. The summed E-state index contributed by atoms with van der Waals surface area (Å²) in [4.78, 5) is 11.8. The number of hydrogen-bond donors (Lipinski definition) is 1. The van der Waals surface area contributed by atoms with Crippen molar-refractivity contribution in [2.75, 3.05) is 6.61 Å². The van der Waals surface area contributed by atoms with Crippen LogP contribution in [0, 0.1) is 0 Å². The zero-order valence-electron chi connectivity index (χ0n) is 12.1. The van der Waals surface area contributed by atoms with Crippen LogP contribution in [-0.2, 0) is 24.3 Å². The molecule has 1 aliphatic rings. The highest BCUT2D eigenvalue weighted by molar-refractivity contribution is 6.30. The maximum Gasteiger partial charge on any atom is 0.258 e. The highest BCUT2D eigenvalue weighted by Gasteiger charge is 2.16. The Morgan fingerprint density at radius 1 is 1.27 bits per heavy atom. The SMILES string of the molecule is O=C(COc1ccc(Cl)cc1)NCc1nnc2n1CCCC2. The average Bonchev–Trinajstić information content (AvgIpc) is 2.96. The fraction of sp³-hybridized carbons (Fsp3) is 0.400. The second-order valence-electron chi connectivity index (χ2n) is 5.16. The van der Waals surface area contributed by atoms with Crippen LogP contribution in [-0.4, -0.2) is 27.3 Å². The molecule has 0 unspecified atom stereocenters. The van der Waals surface area contributed by atoms with Crippen LogP contribution in [0.25, 0.3) is 0 Å². The highest BCUT2D eigenvalue weighted by Crippen LogP contribution is 2.15. The average molecular weight is 321 g/mol. The van der Waals surface area contributed by atoms with Crippen LogP contribution in [0.15, 0.2) is 24.3 Å². The molecule has 22 heavy (non-hydrogen) atoms. The van der Waals surface area contributed by atoms with E-state index in [1.54, 1.807) is 24.3 Å². The normalized spacial score (nSPS) is 13.5. The van der Waals surface area contributed by atoms with Crippen LogP contribution < -0.4 is 10.1 Å². The lowest BCUT2D eigenvalue weighted by molar-refractivity contribution is -0.123. The number of ether oxygens (including phenoxy) is 1. The Hall–Kier alpha value is -2.08. The number of nitrogens with one attached hydrogen (secondary N) is 1. The molecule has 2 aromatic rings. The van der Waals surface area contributed by atoms with E-state index < -0.39 is 0 Å². The fourth-order valence-corrected chi connectivity index (χ4v) is 2.53. The quantitative estimate of drug-likeness (QED) is 0.914. The molecule has 1 aromatic heterocycles. The van der Waals surface area contributed by atoms with E-state index in [2.05, 4.69) is 20.1 Å². The number of aromatic nitrogens is 3. The van der Waals surface area contributed by atoms with Gasteiger partial charge in [0, 0.05) is 18.0 Å². The number of rotatable bonds is 5. The molecule has 3 rings (SSSR count). The topological polar surface area (TPSA) is 69.0 Å². The third-order valence-electron chi connectivity index (χ3n) is 3.56. The van der Waals surface area contributed by atoms with Crippen LogP contribution in [0.4, 0.5) is 0 Å². The number of benzene rings is 1. The van der Waals surface area contributed by atoms with Crippen molar-refractivity contribution in [3.8, 4) is 5.75 Å². The van der Waals surface area contributed by atoms with E-state index in [-0.39, 0.29) is 12.5 Å². The molecule has 7 heteroatoms. The van der Waals surface area contributed by atoms with E-state index >= 15 is 0 Å². The molecule has 0 saturated carbocycles. The van der Waals surface area contributed by atoms with Crippen LogP contribution in [0.5, 0.6) is 5.75 Å². The summed E-state index contributed by atoms with van der Waals surface area (Å²) in [6.45, 7) is 1.26. The summed E-state index contributed by atoms with van der Waals surface area (Å²) >= 11 is 5.79. The molecule has 0 aliphatic carbocycles. The molecule has 2 heterocycles. The molecule has 0 saturated heterocycles. The van der Waals surface area contributed by atoms with Gasteiger partial charge in [0.2, 0.25) is 0 Å². The molecule has 1 N–H and O–H groups in total. The maximum atomic E-state index is 11.8. The van der Waals surface area contributed by atoms with Crippen molar-refractivity contribution in [1.29, 1.82) is 0 Å². The van der Waals surface area contributed by atoms with Crippen molar-refractivity contribution in [3.05, 3.63) is 40.9 Å². The minimum atomic E-state index is -0.192. The Morgan fingerprint density at radius 2 is 2.09 bits per heavy atom. The summed E-state index contributed by atoms with van der Waals surface area (Å²) in [7, 11) is 0. The van der Waals surface area contributed by atoms with Gasteiger partial charge >= 0.3 is 0 Å². The number of amides is 1. The molecular weight excluding hydrogens is 304 g/mol. The first kappa shape index (κ1) is 14.8. The first-order valence-electron chi connectivity index (χ1n) is 7.28. The van der Waals surface area contributed by atoms with Gasteiger partial charge in [-0.2, -0.15) is 0 Å². The Balaban J connectivity index is 1.48. The van der Waals surface area contributed by atoms with Crippen molar-refractivity contribution < 1.29 is 9.53 Å². The minimum Gasteiger partial charge on any atom is -0.484 e. The van der Waals surface area contributed by atoms with E-state index in [1.807, 2.05) is 0 Å². The van der Waals surface area contributed by atoms with E-state index in [9.17, 15) is 4.79 Å². The first-order chi connectivity index (χ1) is 10.7. The Bertz CT molecular complexity index is 654. The van der Waals surface area contributed by atoms with Gasteiger partial charge in [-0.1, -0.05) is 11.6 Å². The van der Waals surface area contributed by atoms with Gasteiger partial charge < -0.3 is 14.6 Å². The zero-order chi connectivity index (χ0) is 15.4. The molecule has 0 spiro atoms. The van der Waals surface area contributed by atoms with Crippen LogP contribution in [0.1, 0.15) is 24.5 Å². The van der Waals surface area contributed by atoms with E-state index in [0.29, 0.717) is 17.3 Å². The van der Waals surface area contributed by atoms with Crippen LogP contribution in [0.2, 0.25) is 5.02 Å². The predicted molar refractivity (Wildman–Crippen MR) is 81.8 cm³/mol. The molecule has 0 atom stereocenters. The lowest BCUT2D eigenvalue weighted by atomic mass is 10.2. The lowest BCUT2D eigenvalue weighted by Crippen LogP contribution is -2.30. The van der Waals surface area contributed by atoms with E-state index in [1.165, 1.54) is 0 Å². The van der Waals surface area contributed by atoms with Crippen molar-refractivity contribution in [2.45, 2.75) is 32.4 Å². The van der Waals surface area contributed by atoms with Crippen molar-refractivity contribution in [3.63, 3.8) is 0 Å². The molecular formula is C15H17ClN4O2. The Morgan fingerprint density at radius 3 is 2.91 bits per heavy atom. The van der Waals surface area contributed by atoms with Crippen molar-refractivity contribution >= 4 is 17.5 Å². The van der Waals surface area contributed by atoms with E-state index in [0.717, 1.165) is 37.5 Å². The third-order valence-corrected chi connectivity index (χ3v) is 3.82. The van der Waals surface area contributed by atoms with E-state index in [4.69, 9.17) is 16.3 Å². The minimum absolute atomic E-state index is 0.0391. The molecule has 1 amide bonds. The number of aryl methyl sites for hydroxylation is 1. The summed E-state index contributed by atoms with van der Waals surface area (Å²) in [5.41, 5.74) is 0. The second-order valence-corrected chi connectivity index (χ2v) is 5.60. The van der Waals surface area contributed by atoms with Gasteiger partial charge in [0.05, 0.1) is 6.54 Å². The molecule has 6 nitrogen and oxygen atoms in total. The standard InChI is InChI=1S/C15H17ClN4O2/c16-11-4-6-12(7-5-11)22-10-15(21)17-9-14-19-18-13-3-1-2-8-20(13)14/h4-7H,1-3,8-10H2,(H,17,21). The largest absolute Gasteiger partial charge is 0.484 e. The number of hydrogen-bond acceptors (Lipinski definition) is 4. The van der Waals surface area contributed by atoms with Gasteiger partial charge in [0.15, 0.2) is 12.4 Å². The highest BCUT2D eigenvalue weighted by atomic mass is 35.5. The summed E-state index contributed by atoms with van der Waals surface area (Å²) in [6, 6.07) is 6.89. The molecule has 1 aliphatic heterocycles.